The van der Waals surface area contributed by atoms with Gasteiger partial charge in [0.15, 0.2) is 11.6 Å². The van der Waals surface area contributed by atoms with Gasteiger partial charge in [-0.1, -0.05) is 6.92 Å². The second kappa shape index (κ2) is 8.67. The normalized spacial score (nSPS) is 23.8. The highest BCUT2D eigenvalue weighted by molar-refractivity contribution is 5.59. The van der Waals surface area contributed by atoms with Gasteiger partial charge in [0.2, 0.25) is 5.95 Å². The summed E-state index contributed by atoms with van der Waals surface area (Å²) in [5.41, 5.74) is -0.243. The van der Waals surface area contributed by atoms with Crippen molar-refractivity contribution in [2.24, 2.45) is 13.0 Å². The Kier molecular flexibility index (Phi) is 5.78. The summed E-state index contributed by atoms with van der Waals surface area (Å²) in [6, 6.07) is 4.58. The summed E-state index contributed by atoms with van der Waals surface area (Å²) >= 11 is 0. The van der Waals surface area contributed by atoms with Crippen molar-refractivity contribution in [2.45, 2.75) is 57.7 Å². The van der Waals surface area contributed by atoms with Gasteiger partial charge in [0.1, 0.15) is 11.5 Å². The van der Waals surface area contributed by atoms with Crippen LogP contribution in [0, 0.1) is 17.6 Å². The average molecular weight is 486 g/mol. The molecule has 0 bridgehead atoms. The number of benzene rings is 1. The number of aryl methyl sites for hydroxylation is 1. The molecule has 0 saturated carbocycles. The van der Waals surface area contributed by atoms with Gasteiger partial charge in [0.25, 0.3) is 0 Å². The molecule has 1 aromatic carbocycles. The summed E-state index contributed by atoms with van der Waals surface area (Å²) in [5.74, 6) is -0.589. The Morgan fingerprint density at radius 2 is 1.97 bits per heavy atom. The van der Waals surface area contributed by atoms with E-state index in [1.54, 1.807) is 0 Å². The highest BCUT2D eigenvalue weighted by atomic mass is 19.1. The van der Waals surface area contributed by atoms with Crippen LogP contribution in [0.4, 0.5) is 26.2 Å². The molecule has 3 unspecified atom stereocenters. The third kappa shape index (κ3) is 4.26. The average Bonchev–Trinajstić information content (AvgIpc) is 3.44. The van der Waals surface area contributed by atoms with Crippen molar-refractivity contribution in [3.05, 3.63) is 46.5 Å². The number of piperidine rings is 1. The molecule has 2 N–H and O–H groups in total. The van der Waals surface area contributed by atoms with E-state index in [1.165, 1.54) is 31.7 Å². The lowest BCUT2D eigenvalue weighted by molar-refractivity contribution is 0.0164. The SMILES string of the molecule is CC1C(Nc2nc(Nc3ccc(F)c(-n4nnn(C)c4=O)c3)ncc2F)CC(C)(C)N2CCCC12. The first kappa shape index (κ1) is 23.3. The zero-order valence-corrected chi connectivity index (χ0v) is 20.2. The van der Waals surface area contributed by atoms with E-state index in [9.17, 15) is 13.6 Å². The molecule has 5 rings (SSSR count). The Labute approximate surface area is 201 Å². The summed E-state index contributed by atoms with van der Waals surface area (Å²) in [5, 5.41) is 13.6. The highest BCUT2D eigenvalue weighted by Crippen LogP contribution is 2.41. The minimum Gasteiger partial charge on any atom is -0.364 e. The van der Waals surface area contributed by atoms with Crippen molar-refractivity contribution in [2.75, 3.05) is 17.2 Å². The predicted molar refractivity (Wildman–Crippen MR) is 127 cm³/mol. The first-order chi connectivity index (χ1) is 16.6. The van der Waals surface area contributed by atoms with Gasteiger partial charge in [-0.05, 0) is 74.2 Å². The molecule has 186 valence electrons. The molecule has 3 aromatic rings. The van der Waals surface area contributed by atoms with Gasteiger partial charge in [-0.2, -0.15) is 14.3 Å². The number of nitrogens with zero attached hydrogens (tertiary/aromatic N) is 7. The second-order valence-electron chi connectivity index (χ2n) is 10.0. The van der Waals surface area contributed by atoms with Gasteiger partial charge in [0.05, 0.1) is 6.20 Å². The number of halogens is 2. The highest BCUT2D eigenvalue weighted by Gasteiger charge is 2.47. The van der Waals surface area contributed by atoms with Crippen molar-refractivity contribution in [3.8, 4) is 5.69 Å². The van der Waals surface area contributed by atoms with E-state index < -0.39 is 17.3 Å². The van der Waals surface area contributed by atoms with E-state index in [0.717, 1.165) is 34.9 Å². The quantitative estimate of drug-likeness (QED) is 0.568. The van der Waals surface area contributed by atoms with E-state index in [1.807, 2.05) is 0 Å². The van der Waals surface area contributed by atoms with Crippen LogP contribution in [0.1, 0.15) is 40.0 Å². The molecular weight excluding hydrogens is 456 g/mol. The minimum atomic E-state index is -0.643. The Balaban J connectivity index is 1.38. The number of anilines is 3. The maximum absolute atomic E-state index is 14.7. The van der Waals surface area contributed by atoms with Crippen LogP contribution in [0.15, 0.2) is 29.2 Å². The lowest BCUT2D eigenvalue weighted by Crippen LogP contribution is -2.59. The number of hydrogen-bond donors (Lipinski definition) is 2. The van der Waals surface area contributed by atoms with Crippen LogP contribution in [0.2, 0.25) is 0 Å². The number of fused-ring (bicyclic) bond motifs is 1. The molecule has 3 atom stereocenters. The molecule has 0 aliphatic carbocycles. The third-order valence-electron chi connectivity index (χ3n) is 7.26. The Hall–Kier alpha value is -3.41. The topological polar surface area (TPSA) is 106 Å². The smallest absolute Gasteiger partial charge is 0.364 e. The van der Waals surface area contributed by atoms with E-state index >= 15 is 0 Å². The summed E-state index contributed by atoms with van der Waals surface area (Å²) < 4.78 is 31.0. The molecule has 2 aliphatic heterocycles. The fourth-order valence-electron chi connectivity index (χ4n) is 5.43. The van der Waals surface area contributed by atoms with Crippen molar-refractivity contribution >= 4 is 17.5 Å². The van der Waals surface area contributed by atoms with Crippen molar-refractivity contribution in [1.82, 2.24) is 34.7 Å². The van der Waals surface area contributed by atoms with Crippen LogP contribution in [0.3, 0.4) is 0 Å². The number of rotatable bonds is 5. The molecule has 0 amide bonds. The van der Waals surface area contributed by atoms with Crippen molar-refractivity contribution in [1.29, 1.82) is 0 Å². The molecule has 0 spiro atoms. The number of nitrogens with one attached hydrogen (secondary N) is 2. The number of hydrogen-bond acceptors (Lipinski definition) is 8. The molecular formula is C23H29F2N9O. The molecule has 2 fully saturated rings. The van der Waals surface area contributed by atoms with E-state index in [-0.39, 0.29) is 29.0 Å². The molecule has 10 nitrogen and oxygen atoms in total. The third-order valence-corrected chi connectivity index (χ3v) is 7.26. The van der Waals surface area contributed by atoms with E-state index in [0.29, 0.717) is 17.6 Å². The van der Waals surface area contributed by atoms with Crippen molar-refractivity contribution < 1.29 is 8.78 Å². The number of aromatic nitrogens is 6. The molecule has 0 radical (unpaired) electrons. The molecule has 35 heavy (non-hydrogen) atoms. The standard InChI is InChI=1S/C23H29F2N9O/c1-13-17(11-23(2,3)33-9-5-6-18(13)33)28-20-16(25)12-26-21(29-20)27-14-7-8-15(24)19(10-14)34-22(35)32(4)30-31-34/h7-8,10,12-13,17-18H,5-6,9,11H2,1-4H3,(H2,26,27,28,29). The largest absolute Gasteiger partial charge is 0.368 e. The van der Waals surface area contributed by atoms with Gasteiger partial charge >= 0.3 is 5.69 Å². The molecule has 2 aliphatic rings. The van der Waals surface area contributed by atoms with Crippen LogP contribution in [0.25, 0.3) is 5.69 Å². The molecule has 2 saturated heterocycles. The van der Waals surface area contributed by atoms with Gasteiger partial charge in [-0.15, -0.1) is 0 Å². The van der Waals surface area contributed by atoms with Crippen LogP contribution in [-0.2, 0) is 7.05 Å². The lowest BCUT2D eigenvalue weighted by atomic mass is 9.77. The van der Waals surface area contributed by atoms with Gasteiger partial charge in [0, 0.05) is 30.4 Å². The van der Waals surface area contributed by atoms with Crippen LogP contribution in [-0.4, -0.2) is 58.8 Å². The zero-order valence-electron chi connectivity index (χ0n) is 20.2. The van der Waals surface area contributed by atoms with E-state index in [2.05, 4.69) is 56.7 Å². The summed E-state index contributed by atoms with van der Waals surface area (Å²) in [6.45, 7) is 7.79. The maximum atomic E-state index is 14.7. The second-order valence-corrected chi connectivity index (χ2v) is 10.0. The van der Waals surface area contributed by atoms with Gasteiger partial charge < -0.3 is 10.6 Å². The minimum absolute atomic E-state index is 0.0128. The fourth-order valence-corrected chi connectivity index (χ4v) is 5.43. The Bertz CT molecular complexity index is 1300. The van der Waals surface area contributed by atoms with Crippen molar-refractivity contribution in [3.63, 3.8) is 0 Å². The first-order valence-corrected chi connectivity index (χ1v) is 11.8. The molecule has 4 heterocycles. The zero-order chi connectivity index (χ0) is 24.9. The lowest BCUT2D eigenvalue weighted by Gasteiger charge is -2.51. The summed E-state index contributed by atoms with van der Waals surface area (Å²) in [4.78, 5) is 23.1. The Morgan fingerprint density at radius 1 is 1.17 bits per heavy atom. The Morgan fingerprint density at radius 3 is 2.71 bits per heavy atom. The monoisotopic (exact) mass is 485 g/mol. The maximum Gasteiger partial charge on any atom is 0.368 e. The molecule has 12 heteroatoms. The van der Waals surface area contributed by atoms with E-state index in [4.69, 9.17) is 0 Å². The van der Waals surface area contributed by atoms with Gasteiger partial charge in [-0.25, -0.2) is 18.6 Å². The predicted octanol–water partition coefficient (Wildman–Crippen LogP) is 2.84. The molecule has 2 aromatic heterocycles. The van der Waals surface area contributed by atoms with Crippen LogP contribution < -0.4 is 16.3 Å². The summed E-state index contributed by atoms with van der Waals surface area (Å²) in [7, 11) is 1.42. The van der Waals surface area contributed by atoms with Crippen LogP contribution in [0.5, 0.6) is 0 Å². The van der Waals surface area contributed by atoms with Gasteiger partial charge in [-0.3, -0.25) is 4.90 Å². The number of tetrazole rings is 1. The fraction of sp³-hybridized carbons (Fsp3) is 0.522. The first-order valence-electron chi connectivity index (χ1n) is 11.8. The van der Waals surface area contributed by atoms with Crippen LogP contribution >= 0.6 is 0 Å². The summed E-state index contributed by atoms with van der Waals surface area (Å²) in [6.07, 6.45) is 4.30.